The van der Waals surface area contributed by atoms with E-state index in [-0.39, 0.29) is 17.2 Å². The number of hydrogen-bond donors (Lipinski definition) is 0. The van der Waals surface area contributed by atoms with E-state index in [0.717, 1.165) is 10.9 Å². The minimum Gasteiger partial charge on any atom is -0.284 e. The van der Waals surface area contributed by atoms with E-state index in [1.54, 1.807) is 16.8 Å². The fraction of sp³-hybridized carbons (Fsp3) is 0.238. The van der Waals surface area contributed by atoms with Gasteiger partial charge in [-0.1, -0.05) is 30.8 Å². The minimum absolute atomic E-state index is 0.0228. The highest BCUT2D eigenvalue weighted by Crippen LogP contribution is 2.25. The first-order chi connectivity index (χ1) is 14.0. The number of thioether (sulfide) groups is 1. The average molecular weight is 471 g/mol. The van der Waals surface area contributed by atoms with Crippen LogP contribution in [-0.4, -0.2) is 18.9 Å². The second kappa shape index (κ2) is 8.12. The summed E-state index contributed by atoms with van der Waals surface area (Å²) in [5.41, 5.74) is 1.74. The van der Waals surface area contributed by atoms with Crippen molar-refractivity contribution in [3.05, 3.63) is 79.5 Å². The standard InChI is InChI=1S/C21H19BrN4O2S/c1-3-13(2)26-20(28)16-6-4-5-7-17(16)24-21(26)29-12-15-10-19(27)25-11-14(22)8-9-18(25)23-15/h4-11,13H,3,12H2,1-2H3. The fourth-order valence-corrected chi connectivity index (χ4v) is 4.46. The predicted octanol–water partition coefficient (Wildman–Crippen LogP) is 4.43. The molecule has 29 heavy (non-hydrogen) atoms. The Morgan fingerprint density at radius 2 is 1.93 bits per heavy atom. The Morgan fingerprint density at radius 3 is 2.72 bits per heavy atom. The van der Waals surface area contributed by atoms with Gasteiger partial charge >= 0.3 is 0 Å². The molecule has 4 rings (SSSR count). The zero-order valence-corrected chi connectivity index (χ0v) is 18.4. The van der Waals surface area contributed by atoms with Crippen LogP contribution in [0.4, 0.5) is 0 Å². The number of rotatable bonds is 5. The highest BCUT2D eigenvalue weighted by atomic mass is 79.9. The first-order valence-electron chi connectivity index (χ1n) is 9.30. The molecule has 0 N–H and O–H groups in total. The molecule has 0 aliphatic heterocycles. The average Bonchev–Trinajstić information content (AvgIpc) is 2.72. The van der Waals surface area contributed by atoms with Crippen molar-refractivity contribution in [1.82, 2.24) is 18.9 Å². The van der Waals surface area contributed by atoms with Crippen LogP contribution in [0.15, 0.2) is 67.9 Å². The summed E-state index contributed by atoms with van der Waals surface area (Å²) in [7, 11) is 0. The minimum atomic E-state index is -0.141. The van der Waals surface area contributed by atoms with Gasteiger partial charge in [-0.2, -0.15) is 0 Å². The smallest absolute Gasteiger partial charge is 0.262 e. The predicted molar refractivity (Wildman–Crippen MR) is 120 cm³/mol. The first kappa shape index (κ1) is 19.8. The third-order valence-corrected chi connectivity index (χ3v) is 6.29. The lowest BCUT2D eigenvalue weighted by Gasteiger charge is -2.18. The van der Waals surface area contributed by atoms with Gasteiger partial charge in [-0.15, -0.1) is 0 Å². The van der Waals surface area contributed by atoms with Gasteiger partial charge in [0.2, 0.25) is 0 Å². The van der Waals surface area contributed by atoms with Gasteiger partial charge in [0.1, 0.15) is 5.65 Å². The van der Waals surface area contributed by atoms with Crippen LogP contribution in [0.2, 0.25) is 0 Å². The molecule has 0 bridgehead atoms. The summed E-state index contributed by atoms with van der Waals surface area (Å²) in [6.07, 6.45) is 2.52. The van der Waals surface area contributed by atoms with Crippen LogP contribution in [0.25, 0.3) is 16.6 Å². The molecule has 0 aliphatic rings. The van der Waals surface area contributed by atoms with Crippen molar-refractivity contribution in [2.24, 2.45) is 0 Å². The molecule has 1 unspecified atom stereocenters. The van der Waals surface area contributed by atoms with Crippen molar-refractivity contribution in [2.45, 2.75) is 37.2 Å². The maximum atomic E-state index is 13.1. The number of para-hydroxylation sites is 1. The fourth-order valence-electron chi connectivity index (χ4n) is 3.14. The van der Waals surface area contributed by atoms with E-state index >= 15 is 0 Å². The third kappa shape index (κ3) is 3.86. The molecule has 1 atom stereocenters. The van der Waals surface area contributed by atoms with Gasteiger partial charge in [0.25, 0.3) is 11.1 Å². The van der Waals surface area contributed by atoms with E-state index in [9.17, 15) is 9.59 Å². The maximum absolute atomic E-state index is 13.1. The summed E-state index contributed by atoms with van der Waals surface area (Å²) in [6, 6.07) is 12.6. The molecule has 0 saturated carbocycles. The molecule has 0 saturated heterocycles. The summed E-state index contributed by atoms with van der Waals surface area (Å²) < 4.78 is 4.06. The van der Waals surface area contributed by atoms with Gasteiger partial charge in [-0.3, -0.25) is 18.6 Å². The quantitative estimate of drug-likeness (QED) is 0.318. The van der Waals surface area contributed by atoms with Crippen LogP contribution >= 0.6 is 27.7 Å². The number of nitrogens with zero attached hydrogens (tertiary/aromatic N) is 4. The third-order valence-electron chi connectivity index (χ3n) is 4.83. The molecule has 1 aromatic carbocycles. The van der Waals surface area contributed by atoms with E-state index in [1.165, 1.54) is 22.2 Å². The Morgan fingerprint density at radius 1 is 1.14 bits per heavy atom. The van der Waals surface area contributed by atoms with Gasteiger partial charge in [-0.05, 0) is 53.5 Å². The second-order valence-electron chi connectivity index (χ2n) is 6.79. The summed E-state index contributed by atoms with van der Waals surface area (Å²) in [5.74, 6) is 0.447. The molecule has 0 aliphatic carbocycles. The summed E-state index contributed by atoms with van der Waals surface area (Å²) >= 11 is 4.79. The van der Waals surface area contributed by atoms with Crippen molar-refractivity contribution in [3.8, 4) is 0 Å². The molecular formula is C21H19BrN4O2S. The van der Waals surface area contributed by atoms with Crippen LogP contribution in [0.5, 0.6) is 0 Å². The molecule has 0 amide bonds. The molecule has 0 fully saturated rings. The topological polar surface area (TPSA) is 69.3 Å². The SMILES string of the molecule is CCC(C)n1c(SCc2cc(=O)n3cc(Br)ccc3n2)nc2ccccc2c1=O. The highest BCUT2D eigenvalue weighted by Gasteiger charge is 2.16. The molecule has 8 heteroatoms. The monoisotopic (exact) mass is 470 g/mol. The van der Waals surface area contributed by atoms with Gasteiger partial charge in [0.15, 0.2) is 5.16 Å². The lowest BCUT2D eigenvalue weighted by Crippen LogP contribution is -2.26. The zero-order valence-electron chi connectivity index (χ0n) is 16.0. The Kier molecular flexibility index (Phi) is 5.56. The highest BCUT2D eigenvalue weighted by molar-refractivity contribution is 9.10. The summed E-state index contributed by atoms with van der Waals surface area (Å²) in [6.45, 7) is 4.06. The van der Waals surface area contributed by atoms with Gasteiger partial charge < -0.3 is 0 Å². The van der Waals surface area contributed by atoms with Crippen LogP contribution < -0.4 is 11.1 Å². The molecule has 6 nitrogen and oxygen atoms in total. The van der Waals surface area contributed by atoms with Crippen LogP contribution in [0, 0.1) is 0 Å². The van der Waals surface area contributed by atoms with E-state index in [0.29, 0.717) is 33.2 Å². The molecule has 4 aromatic rings. The normalized spacial score (nSPS) is 12.5. The number of benzene rings is 1. The van der Waals surface area contributed by atoms with E-state index < -0.39 is 0 Å². The lowest BCUT2D eigenvalue weighted by molar-refractivity contribution is 0.468. The van der Waals surface area contributed by atoms with Crippen molar-refractivity contribution < 1.29 is 0 Å². The first-order valence-corrected chi connectivity index (χ1v) is 11.1. The van der Waals surface area contributed by atoms with Crippen molar-refractivity contribution in [2.75, 3.05) is 0 Å². The van der Waals surface area contributed by atoms with E-state index in [1.807, 2.05) is 44.2 Å². The number of aromatic nitrogens is 4. The summed E-state index contributed by atoms with van der Waals surface area (Å²) in [4.78, 5) is 34.8. The van der Waals surface area contributed by atoms with Crippen LogP contribution in [0.1, 0.15) is 32.0 Å². The van der Waals surface area contributed by atoms with Crippen molar-refractivity contribution in [3.63, 3.8) is 0 Å². The number of hydrogen-bond acceptors (Lipinski definition) is 5. The molecule has 3 heterocycles. The summed E-state index contributed by atoms with van der Waals surface area (Å²) in [5, 5.41) is 1.26. The number of halogens is 1. The lowest BCUT2D eigenvalue weighted by atomic mass is 10.2. The Bertz CT molecular complexity index is 1330. The van der Waals surface area contributed by atoms with Crippen LogP contribution in [-0.2, 0) is 5.75 Å². The Hall–Kier alpha value is -2.45. The van der Waals surface area contributed by atoms with Crippen molar-refractivity contribution in [1.29, 1.82) is 0 Å². The van der Waals surface area contributed by atoms with E-state index in [2.05, 4.69) is 20.9 Å². The molecule has 148 valence electrons. The number of pyridine rings is 1. The zero-order chi connectivity index (χ0) is 20.5. The van der Waals surface area contributed by atoms with Crippen LogP contribution in [0.3, 0.4) is 0 Å². The second-order valence-corrected chi connectivity index (χ2v) is 8.65. The Labute approximate surface area is 179 Å². The van der Waals surface area contributed by atoms with E-state index in [4.69, 9.17) is 4.98 Å². The van der Waals surface area contributed by atoms with Gasteiger partial charge in [-0.25, -0.2) is 9.97 Å². The largest absolute Gasteiger partial charge is 0.284 e. The molecule has 3 aromatic heterocycles. The molecule has 0 spiro atoms. The van der Waals surface area contributed by atoms with Gasteiger partial charge in [0, 0.05) is 28.5 Å². The van der Waals surface area contributed by atoms with Crippen molar-refractivity contribution >= 4 is 44.2 Å². The maximum Gasteiger partial charge on any atom is 0.262 e. The Balaban J connectivity index is 1.74. The number of fused-ring (bicyclic) bond motifs is 2. The van der Waals surface area contributed by atoms with Gasteiger partial charge in [0.05, 0.1) is 16.6 Å². The molecule has 0 radical (unpaired) electrons. The molecular weight excluding hydrogens is 452 g/mol.